The molecule has 0 aromatic rings. The molecular formula is C12H28N6O2. The fourth-order valence-corrected chi connectivity index (χ4v) is 1.88. The van der Waals surface area contributed by atoms with Crippen LogP contribution in [0.4, 0.5) is 9.59 Å². The van der Waals surface area contributed by atoms with Crippen LogP contribution in [0, 0.1) is 11.8 Å². The number of carbonyl (C=O) groups is 2. The van der Waals surface area contributed by atoms with Crippen molar-refractivity contribution in [2.75, 3.05) is 13.1 Å². The molecule has 4 amide bonds. The number of hydrogen-bond donors (Lipinski definition) is 4. The molecule has 0 rings (SSSR count). The standard InChI is InChI=1S/C12H28N6O2/c1-9(5-3-4-7-17(15)11(13)19)10(2)6-8-18(16)12(14)20/h9-10H,3-8,15-16H2,1-2H3,(H2,13,19)(H2,14,20). The monoisotopic (exact) mass is 288 g/mol. The molecule has 0 aliphatic heterocycles. The third kappa shape index (κ3) is 7.80. The van der Waals surface area contributed by atoms with Crippen molar-refractivity contribution in [3.05, 3.63) is 0 Å². The molecule has 0 spiro atoms. The van der Waals surface area contributed by atoms with Crippen molar-refractivity contribution in [3.8, 4) is 0 Å². The molecule has 2 unspecified atom stereocenters. The van der Waals surface area contributed by atoms with E-state index in [1.807, 2.05) is 0 Å². The summed E-state index contributed by atoms with van der Waals surface area (Å²) in [4.78, 5) is 21.5. The summed E-state index contributed by atoms with van der Waals surface area (Å²) in [6.07, 6.45) is 3.62. The number of rotatable bonds is 9. The number of unbranched alkanes of at least 4 members (excludes halogenated alkanes) is 1. The van der Waals surface area contributed by atoms with Crippen LogP contribution in [0.5, 0.6) is 0 Å². The van der Waals surface area contributed by atoms with Crippen molar-refractivity contribution in [2.45, 2.75) is 39.5 Å². The number of amides is 4. The van der Waals surface area contributed by atoms with Gasteiger partial charge in [0, 0.05) is 13.1 Å². The summed E-state index contributed by atoms with van der Waals surface area (Å²) in [5.41, 5.74) is 10.1. The first-order valence-corrected chi connectivity index (χ1v) is 6.89. The minimum atomic E-state index is -0.612. The van der Waals surface area contributed by atoms with Crippen LogP contribution in [0.25, 0.3) is 0 Å². The topological polar surface area (TPSA) is 145 Å². The fourth-order valence-electron chi connectivity index (χ4n) is 1.88. The van der Waals surface area contributed by atoms with Gasteiger partial charge in [-0.15, -0.1) is 0 Å². The van der Waals surface area contributed by atoms with Crippen molar-refractivity contribution < 1.29 is 9.59 Å². The van der Waals surface area contributed by atoms with E-state index in [0.717, 1.165) is 35.7 Å². The van der Waals surface area contributed by atoms with E-state index >= 15 is 0 Å². The summed E-state index contributed by atoms with van der Waals surface area (Å²) in [6.45, 7) is 5.20. The molecule has 20 heavy (non-hydrogen) atoms. The third-order valence-electron chi connectivity index (χ3n) is 3.67. The smallest absolute Gasteiger partial charge is 0.328 e. The minimum Gasteiger partial charge on any atom is -0.350 e. The molecule has 0 heterocycles. The predicted octanol–water partition coefficient (Wildman–Crippen LogP) is 0.328. The average molecular weight is 288 g/mol. The van der Waals surface area contributed by atoms with Crippen LogP contribution in [0.15, 0.2) is 0 Å². The molecular weight excluding hydrogens is 260 g/mol. The highest BCUT2D eigenvalue weighted by molar-refractivity contribution is 5.71. The number of primary amides is 2. The highest BCUT2D eigenvalue weighted by Gasteiger charge is 2.14. The summed E-state index contributed by atoms with van der Waals surface area (Å²) in [5.74, 6) is 11.8. The molecule has 0 fully saturated rings. The lowest BCUT2D eigenvalue weighted by molar-refractivity contribution is 0.198. The van der Waals surface area contributed by atoms with E-state index in [-0.39, 0.29) is 0 Å². The van der Waals surface area contributed by atoms with Crippen LogP contribution in [-0.4, -0.2) is 35.2 Å². The first-order valence-electron chi connectivity index (χ1n) is 6.89. The zero-order chi connectivity index (χ0) is 15.7. The van der Waals surface area contributed by atoms with Crippen LogP contribution in [0.2, 0.25) is 0 Å². The summed E-state index contributed by atoms with van der Waals surface area (Å²) in [7, 11) is 0. The summed E-state index contributed by atoms with van der Waals surface area (Å²) >= 11 is 0. The third-order valence-corrected chi connectivity index (χ3v) is 3.67. The van der Waals surface area contributed by atoms with E-state index in [4.69, 9.17) is 23.2 Å². The van der Waals surface area contributed by atoms with Crippen molar-refractivity contribution in [1.29, 1.82) is 0 Å². The number of nitrogens with two attached hydrogens (primary N) is 4. The van der Waals surface area contributed by atoms with Gasteiger partial charge in [-0.25, -0.2) is 21.3 Å². The Morgan fingerprint density at radius 1 is 0.850 bits per heavy atom. The van der Waals surface area contributed by atoms with Gasteiger partial charge in [0.15, 0.2) is 0 Å². The molecule has 0 radical (unpaired) electrons. The average Bonchev–Trinajstić information content (AvgIpc) is 2.39. The van der Waals surface area contributed by atoms with Gasteiger partial charge in [0.05, 0.1) is 0 Å². The van der Waals surface area contributed by atoms with Crippen LogP contribution in [-0.2, 0) is 0 Å². The molecule has 118 valence electrons. The highest BCUT2D eigenvalue weighted by Crippen LogP contribution is 2.20. The van der Waals surface area contributed by atoms with Gasteiger partial charge in [-0.3, -0.25) is 10.0 Å². The molecule has 8 N–H and O–H groups in total. The number of hydrogen-bond acceptors (Lipinski definition) is 4. The summed E-state index contributed by atoms with van der Waals surface area (Å²) < 4.78 is 0. The predicted molar refractivity (Wildman–Crippen MR) is 77.7 cm³/mol. The number of carbonyl (C=O) groups excluding carboxylic acids is 2. The van der Waals surface area contributed by atoms with Gasteiger partial charge in [0.2, 0.25) is 0 Å². The van der Waals surface area contributed by atoms with Crippen molar-refractivity contribution in [1.82, 2.24) is 10.0 Å². The van der Waals surface area contributed by atoms with Crippen LogP contribution >= 0.6 is 0 Å². The Kier molecular flexibility index (Phi) is 8.66. The normalized spacial score (nSPS) is 13.6. The van der Waals surface area contributed by atoms with Crippen LogP contribution < -0.4 is 23.2 Å². The number of nitrogens with zero attached hydrogens (tertiary/aromatic N) is 2. The summed E-state index contributed by atoms with van der Waals surface area (Å²) in [6, 6.07) is -1.22. The molecule has 0 aliphatic rings. The second-order valence-electron chi connectivity index (χ2n) is 5.30. The van der Waals surface area contributed by atoms with E-state index in [1.54, 1.807) is 0 Å². The van der Waals surface area contributed by atoms with Gasteiger partial charge in [-0.1, -0.05) is 26.7 Å². The largest absolute Gasteiger partial charge is 0.350 e. The summed E-state index contributed by atoms with van der Waals surface area (Å²) in [5, 5.41) is 2.05. The first-order chi connectivity index (χ1) is 9.25. The van der Waals surface area contributed by atoms with Crippen molar-refractivity contribution in [3.63, 3.8) is 0 Å². The molecule has 0 bridgehead atoms. The Balaban J connectivity index is 3.77. The molecule has 0 aliphatic carbocycles. The Morgan fingerprint density at radius 2 is 1.30 bits per heavy atom. The lowest BCUT2D eigenvalue weighted by Gasteiger charge is -2.22. The Morgan fingerprint density at radius 3 is 1.80 bits per heavy atom. The van der Waals surface area contributed by atoms with Crippen molar-refractivity contribution in [2.24, 2.45) is 35.0 Å². The second kappa shape index (κ2) is 9.38. The lowest BCUT2D eigenvalue weighted by Crippen LogP contribution is -2.42. The van der Waals surface area contributed by atoms with E-state index in [9.17, 15) is 9.59 Å². The maximum atomic E-state index is 10.8. The van der Waals surface area contributed by atoms with Gasteiger partial charge in [0.1, 0.15) is 0 Å². The minimum absolute atomic E-state index is 0.436. The Labute approximate surface area is 120 Å². The fraction of sp³-hybridized carbons (Fsp3) is 0.833. The molecule has 2 atom stereocenters. The zero-order valence-corrected chi connectivity index (χ0v) is 12.4. The van der Waals surface area contributed by atoms with Gasteiger partial charge in [0.25, 0.3) is 0 Å². The van der Waals surface area contributed by atoms with E-state index in [0.29, 0.717) is 24.9 Å². The molecule has 8 nitrogen and oxygen atoms in total. The van der Waals surface area contributed by atoms with E-state index in [2.05, 4.69) is 13.8 Å². The van der Waals surface area contributed by atoms with Gasteiger partial charge >= 0.3 is 12.1 Å². The van der Waals surface area contributed by atoms with E-state index < -0.39 is 12.1 Å². The molecule has 0 saturated heterocycles. The Bertz CT molecular complexity index is 312. The maximum absolute atomic E-state index is 10.8. The molecule has 8 heteroatoms. The Hall–Kier alpha value is -1.54. The maximum Gasteiger partial charge on any atom is 0.328 e. The SMILES string of the molecule is CC(CCCCN(N)C(N)=O)C(C)CCN(N)C(N)=O. The van der Waals surface area contributed by atoms with Crippen molar-refractivity contribution >= 4 is 12.1 Å². The van der Waals surface area contributed by atoms with Crippen LogP contribution in [0.1, 0.15) is 39.5 Å². The molecule has 0 saturated carbocycles. The second-order valence-corrected chi connectivity index (χ2v) is 5.30. The number of hydrazine groups is 2. The van der Waals surface area contributed by atoms with Gasteiger partial charge in [-0.05, 0) is 24.7 Å². The van der Waals surface area contributed by atoms with E-state index in [1.165, 1.54) is 0 Å². The quantitative estimate of drug-likeness (QED) is 0.209. The van der Waals surface area contributed by atoms with Gasteiger partial charge in [-0.2, -0.15) is 0 Å². The first kappa shape index (κ1) is 18.5. The van der Waals surface area contributed by atoms with Gasteiger partial charge < -0.3 is 11.5 Å². The number of urea groups is 2. The highest BCUT2D eigenvalue weighted by atomic mass is 16.2. The lowest BCUT2D eigenvalue weighted by atomic mass is 9.88. The molecule has 0 aromatic heterocycles. The van der Waals surface area contributed by atoms with Crippen LogP contribution in [0.3, 0.4) is 0 Å². The molecule has 0 aromatic carbocycles. The zero-order valence-electron chi connectivity index (χ0n) is 12.4.